The van der Waals surface area contributed by atoms with Gasteiger partial charge in [-0.3, -0.25) is 0 Å². The summed E-state index contributed by atoms with van der Waals surface area (Å²) in [6, 6.07) is 6.14. The van der Waals surface area contributed by atoms with E-state index in [1.54, 1.807) is 12.1 Å². The Morgan fingerprint density at radius 3 is 2.53 bits per heavy atom. The number of aryl methyl sites for hydroxylation is 1. The summed E-state index contributed by atoms with van der Waals surface area (Å²) < 4.78 is 16.1. The van der Waals surface area contributed by atoms with Gasteiger partial charge in [0.15, 0.2) is 4.77 Å². The van der Waals surface area contributed by atoms with Gasteiger partial charge in [0.25, 0.3) is 0 Å². The standard InChI is InChI=1S/C8H12N2S.C6H4BrF/c1-5-3-4-10-7(5)6(2)9-8(10)11;7-5-1-3-6(8)4-2-5/h5H,3-4H2,1-2H3,(H,9,11);1-4H. The summed E-state index contributed by atoms with van der Waals surface area (Å²) >= 11 is 8.34. The molecule has 0 aliphatic carbocycles. The molecule has 1 aliphatic heterocycles. The summed E-state index contributed by atoms with van der Waals surface area (Å²) in [5, 5.41) is 0. The topological polar surface area (TPSA) is 20.7 Å². The zero-order valence-corrected chi connectivity index (χ0v) is 13.3. The Balaban J connectivity index is 0.000000148. The number of hydrogen-bond donors (Lipinski definition) is 1. The van der Waals surface area contributed by atoms with Crippen LogP contribution in [-0.4, -0.2) is 9.55 Å². The molecule has 1 unspecified atom stereocenters. The highest BCUT2D eigenvalue weighted by molar-refractivity contribution is 9.10. The molecule has 2 heterocycles. The van der Waals surface area contributed by atoms with Crippen LogP contribution in [0.2, 0.25) is 0 Å². The summed E-state index contributed by atoms with van der Waals surface area (Å²) in [5.74, 6) is 0.483. The Kier molecular flexibility index (Phi) is 4.58. The van der Waals surface area contributed by atoms with E-state index in [4.69, 9.17) is 12.2 Å². The monoisotopic (exact) mass is 342 g/mol. The van der Waals surface area contributed by atoms with Gasteiger partial charge in [-0.25, -0.2) is 4.39 Å². The predicted molar refractivity (Wildman–Crippen MR) is 81.5 cm³/mol. The Morgan fingerprint density at radius 2 is 2.00 bits per heavy atom. The third kappa shape index (κ3) is 3.34. The highest BCUT2D eigenvalue weighted by Gasteiger charge is 2.21. The van der Waals surface area contributed by atoms with Crippen LogP contribution in [0, 0.1) is 17.5 Å². The van der Waals surface area contributed by atoms with Gasteiger partial charge in [-0.05, 0) is 55.7 Å². The molecule has 5 heteroatoms. The van der Waals surface area contributed by atoms with Crippen LogP contribution < -0.4 is 0 Å². The number of H-pyrrole nitrogens is 1. The Hall–Kier alpha value is -0.940. The second kappa shape index (κ2) is 6.01. The van der Waals surface area contributed by atoms with Gasteiger partial charge in [0.1, 0.15) is 5.82 Å². The molecule has 0 fully saturated rings. The number of halogens is 2. The first-order valence-corrected chi connectivity index (χ1v) is 7.39. The van der Waals surface area contributed by atoms with E-state index >= 15 is 0 Å². The summed E-state index contributed by atoms with van der Waals surface area (Å²) in [7, 11) is 0. The fourth-order valence-electron chi connectivity index (χ4n) is 2.35. The molecule has 0 saturated heterocycles. The van der Waals surface area contributed by atoms with Crippen molar-refractivity contribution in [1.82, 2.24) is 9.55 Å². The lowest BCUT2D eigenvalue weighted by atomic mass is 10.1. The number of aromatic amines is 1. The molecule has 1 aromatic heterocycles. The molecule has 2 nitrogen and oxygen atoms in total. The number of fused-ring (bicyclic) bond motifs is 1. The van der Waals surface area contributed by atoms with E-state index in [9.17, 15) is 4.39 Å². The lowest BCUT2D eigenvalue weighted by molar-refractivity contribution is 0.627. The molecule has 1 aliphatic rings. The molecule has 102 valence electrons. The number of hydrogen-bond acceptors (Lipinski definition) is 1. The first-order valence-electron chi connectivity index (χ1n) is 6.19. The van der Waals surface area contributed by atoms with E-state index in [-0.39, 0.29) is 5.82 Å². The van der Waals surface area contributed by atoms with Gasteiger partial charge in [-0.15, -0.1) is 0 Å². The van der Waals surface area contributed by atoms with Crippen LogP contribution in [0.5, 0.6) is 0 Å². The number of benzene rings is 1. The molecule has 1 atom stereocenters. The third-order valence-electron chi connectivity index (χ3n) is 3.27. The highest BCUT2D eigenvalue weighted by Crippen LogP contribution is 2.29. The van der Waals surface area contributed by atoms with Crippen LogP contribution >= 0.6 is 28.1 Å². The van der Waals surface area contributed by atoms with Crippen LogP contribution in [0.1, 0.15) is 30.7 Å². The third-order valence-corrected chi connectivity index (χ3v) is 4.12. The van der Waals surface area contributed by atoms with E-state index in [1.165, 1.54) is 29.9 Å². The Morgan fingerprint density at radius 1 is 1.37 bits per heavy atom. The van der Waals surface area contributed by atoms with E-state index in [0.717, 1.165) is 15.8 Å². The molecular weight excluding hydrogens is 327 g/mol. The van der Waals surface area contributed by atoms with Gasteiger partial charge < -0.3 is 9.55 Å². The lowest BCUT2D eigenvalue weighted by Gasteiger charge is -1.99. The summed E-state index contributed by atoms with van der Waals surface area (Å²) in [6.45, 7) is 5.46. The highest BCUT2D eigenvalue weighted by atomic mass is 79.9. The second-order valence-electron chi connectivity index (χ2n) is 4.72. The lowest BCUT2D eigenvalue weighted by Crippen LogP contribution is -1.91. The molecule has 1 N–H and O–H groups in total. The minimum absolute atomic E-state index is 0.201. The zero-order chi connectivity index (χ0) is 14.0. The van der Waals surface area contributed by atoms with E-state index < -0.39 is 0 Å². The van der Waals surface area contributed by atoms with Crippen molar-refractivity contribution in [1.29, 1.82) is 0 Å². The minimum atomic E-state index is -0.201. The van der Waals surface area contributed by atoms with Crippen molar-refractivity contribution >= 4 is 28.1 Å². The van der Waals surface area contributed by atoms with Gasteiger partial charge in [-0.2, -0.15) is 0 Å². The molecule has 1 aromatic carbocycles. The van der Waals surface area contributed by atoms with Crippen LogP contribution in [-0.2, 0) is 6.54 Å². The van der Waals surface area contributed by atoms with Crippen molar-refractivity contribution in [3.63, 3.8) is 0 Å². The van der Waals surface area contributed by atoms with Crippen molar-refractivity contribution in [2.24, 2.45) is 0 Å². The average molecular weight is 343 g/mol. The van der Waals surface area contributed by atoms with Crippen molar-refractivity contribution in [2.75, 3.05) is 0 Å². The smallest absolute Gasteiger partial charge is 0.177 e. The largest absolute Gasteiger partial charge is 0.335 e. The first kappa shape index (κ1) is 14.5. The van der Waals surface area contributed by atoms with Crippen molar-refractivity contribution in [3.8, 4) is 0 Å². The van der Waals surface area contributed by atoms with Gasteiger partial charge in [0.05, 0.1) is 0 Å². The predicted octanol–water partition coefficient (Wildman–Crippen LogP) is 4.95. The molecule has 19 heavy (non-hydrogen) atoms. The minimum Gasteiger partial charge on any atom is -0.335 e. The van der Waals surface area contributed by atoms with Gasteiger partial charge in [0.2, 0.25) is 0 Å². The molecule has 3 rings (SSSR count). The van der Waals surface area contributed by atoms with Crippen LogP contribution in [0.4, 0.5) is 4.39 Å². The van der Waals surface area contributed by atoms with Crippen molar-refractivity contribution in [2.45, 2.75) is 32.7 Å². The maximum Gasteiger partial charge on any atom is 0.177 e. The van der Waals surface area contributed by atoms with Crippen LogP contribution in [0.3, 0.4) is 0 Å². The Bertz CT molecular complexity index is 594. The summed E-state index contributed by atoms with van der Waals surface area (Å²) in [4.78, 5) is 3.19. The number of imidazole rings is 1. The SMILES string of the molecule is Cc1[nH]c(=S)n2c1C(C)CC2.Fc1ccc(Br)cc1. The van der Waals surface area contributed by atoms with E-state index in [0.29, 0.717) is 5.92 Å². The summed E-state index contributed by atoms with van der Waals surface area (Å²) in [5.41, 5.74) is 2.66. The van der Waals surface area contributed by atoms with Gasteiger partial charge >= 0.3 is 0 Å². The molecule has 0 spiro atoms. The number of nitrogens with one attached hydrogen (secondary N) is 1. The average Bonchev–Trinajstić information content (AvgIpc) is 2.88. The van der Waals surface area contributed by atoms with Crippen LogP contribution in [0.15, 0.2) is 28.7 Å². The number of nitrogens with zero attached hydrogens (tertiary/aromatic N) is 1. The normalized spacial score (nSPS) is 16.7. The van der Waals surface area contributed by atoms with Gasteiger partial charge in [-0.1, -0.05) is 22.9 Å². The quantitative estimate of drug-likeness (QED) is 0.671. The Labute approximate surface area is 125 Å². The summed E-state index contributed by atoms with van der Waals surface area (Å²) in [6.07, 6.45) is 1.24. The fraction of sp³-hybridized carbons (Fsp3) is 0.357. The fourth-order valence-corrected chi connectivity index (χ4v) is 2.96. The molecular formula is C14H16BrFN2S. The zero-order valence-electron chi connectivity index (χ0n) is 10.9. The van der Waals surface area contributed by atoms with Crippen LogP contribution in [0.25, 0.3) is 0 Å². The van der Waals surface area contributed by atoms with E-state index in [2.05, 4.69) is 39.3 Å². The molecule has 0 bridgehead atoms. The number of aromatic nitrogens is 2. The van der Waals surface area contributed by atoms with Crippen molar-refractivity contribution in [3.05, 3.63) is 50.7 Å². The molecule has 2 aromatic rings. The second-order valence-corrected chi connectivity index (χ2v) is 6.02. The first-order chi connectivity index (χ1) is 8.99. The molecule has 0 radical (unpaired) electrons. The maximum atomic E-state index is 12.1. The van der Waals surface area contributed by atoms with E-state index in [1.807, 2.05) is 0 Å². The van der Waals surface area contributed by atoms with Gasteiger partial charge in [0, 0.05) is 22.4 Å². The van der Waals surface area contributed by atoms with Crippen molar-refractivity contribution < 1.29 is 4.39 Å². The maximum absolute atomic E-state index is 12.1. The molecule has 0 saturated carbocycles. The number of rotatable bonds is 0. The molecule has 0 amide bonds.